The minimum atomic E-state index is -4.48. The van der Waals surface area contributed by atoms with E-state index in [0.717, 1.165) is 5.56 Å². The number of rotatable bonds is 9. The van der Waals surface area contributed by atoms with E-state index in [1.165, 1.54) is 6.20 Å². The maximum absolute atomic E-state index is 12.5. The molecule has 0 aromatic carbocycles. The van der Waals surface area contributed by atoms with Crippen molar-refractivity contribution in [3.8, 4) is 11.1 Å². The summed E-state index contributed by atoms with van der Waals surface area (Å²) in [5, 5.41) is 14.5. The van der Waals surface area contributed by atoms with Gasteiger partial charge in [-0.2, -0.15) is 13.2 Å². The van der Waals surface area contributed by atoms with Gasteiger partial charge in [0, 0.05) is 53.3 Å². The molecule has 35 heavy (non-hydrogen) atoms. The molecule has 0 radical (unpaired) electrons. The summed E-state index contributed by atoms with van der Waals surface area (Å²) in [6.07, 6.45) is 2.11. The van der Waals surface area contributed by atoms with Gasteiger partial charge in [0.1, 0.15) is 12.2 Å². The van der Waals surface area contributed by atoms with Crippen LogP contribution < -0.4 is 10.6 Å². The highest BCUT2D eigenvalue weighted by molar-refractivity contribution is 6.01. The van der Waals surface area contributed by atoms with Crippen LogP contribution >= 0.6 is 0 Å². The molecule has 3 aromatic rings. The van der Waals surface area contributed by atoms with Crippen molar-refractivity contribution in [1.82, 2.24) is 25.6 Å². The lowest BCUT2D eigenvalue weighted by molar-refractivity contribution is -0.141. The number of aliphatic hydroxyl groups is 1. The first-order valence-corrected chi connectivity index (χ1v) is 11.2. The Labute approximate surface area is 200 Å². The Morgan fingerprint density at radius 3 is 2.54 bits per heavy atom. The van der Waals surface area contributed by atoms with Gasteiger partial charge in [-0.15, -0.1) is 0 Å². The largest absolute Gasteiger partial charge is 0.405 e. The minimum absolute atomic E-state index is 0.188. The quantitative estimate of drug-likeness (QED) is 0.366. The molecule has 0 aliphatic carbocycles. The molecule has 3 aromatic heterocycles. The number of nitrogens with one attached hydrogen (secondary N) is 3. The predicted molar refractivity (Wildman–Crippen MR) is 124 cm³/mol. The Hall–Kier alpha value is -3.47. The fourth-order valence-corrected chi connectivity index (χ4v) is 3.67. The molecule has 3 rings (SSSR count). The van der Waals surface area contributed by atoms with E-state index in [1.807, 2.05) is 11.4 Å². The van der Waals surface area contributed by atoms with Gasteiger partial charge in [-0.3, -0.25) is 14.6 Å². The number of fused-ring (bicyclic) bond motifs is 1. The Balaban J connectivity index is 1.86. The van der Waals surface area contributed by atoms with Crippen LogP contribution in [0.4, 0.5) is 13.2 Å². The van der Waals surface area contributed by atoms with Crippen LogP contribution in [0.3, 0.4) is 0 Å². The summed E-state index contributed by atoms with van der Waals surface area (Å²) in [4.78, 5) is 36.5. The number of hydrogen-bond donors (Lipinski definition) is 4. The molecule has 2 amide bonds. The van der Waals surface area contributed by atoms with Gasteiger partial charge in [0.05, 0.1) is 12.2 Å². The molecule has 0 saturated carbocycles. The smallest absolute Gasteiger partial charge is 0.394 e. The molecule has 0 aliphatic heterocycles. The first-order chi connectivity index (χ1) is 16.5. The number of H-pyrrole nitrogens is 1. The van der Waals surface area contributed by atoms with Crippen molar-refractivity contribution in [2.24, 2.45) is 11.8 Å². The van der Waals surface area contributed by atoms with Crippen molar-refractivity contribution in [2.45, 2.75) is 39.4 Å². The number of amides is 2. The molecular formula is C24H28F3N5O3. The molecular weight excluding hydrogens is 463 g/mol. The van der Waals surface area contributed by atoms with Gasteiger partial charge in [-0.25, -0.2) is 4.98 Å². The molecule has 0 spiro atoms. The van der Waals surface area contributed by atoms with Crippen LogP contribution in [0.5, 0.6) is 0 Å². The summed E-state index contributed by atoms with van der Waals surface area (Å²) >= 11 is 0. The molecule has 1 unspecified atom stereocenters. The molecule has 8 nitrogen and oxygen atoms in total. The van der Waals surface area contributed by atoms with Crippen molar-refractivity contribution in [3.05, 3.63) is 48.0 Å². The fourth-order valence-electron chi connectivity index (χ4n) is 3.67. The molecule has 0 aliphatic rings. The molecule has 2 atom stereocenters. The van der Waals surface area contributed by atoms with E-state index >= 15 is 0 Å². The number of hydrogen-bond acceptors (Lipinski definition) is 5. The van der Waals surface area contributed by atoms with Crippen LogP contribution in [0, 0.1) is 11.8 Å². The lowest BCUT2D eigenvalue weighted by Crippen LogP contribution is -2.40. The number of pyridine rings is 2. The van der Waals surface area contributed by atoms with Crippen LogP contribution in [0.15, 0.2) is 36.9 Å². The van der Waals surface area contributed by atoms with Crippen molar-refractivity contribution >= 4 is 22.8 Å². The Morgan fingerprint density at radius 2 is 1.89 bits per heavy atom. The number of alkyl halides is 3. The maximum Gasteiger partial charge on any atom is 0.405 e. The molecule has 188 valence electrons. The minimum Gasteiger partial charge on any atom is -0.394 e. The summed E-state index contributed by atoms with van der Waals surface area (Å²) in [5.41, 5.74) is 3.01. The summed E-state index contributed by atoms with van der Waals surface area (Å²) in [7, 11) is 0. The molecule has 4 N–H and O–H groups in total. The second-order valence-electron chi connectivity index (χ2n) is 8.85. The monoisotopic (exact) mass is 491 g/mol. The van der Waals surface area contributed by atoms with Crippen molar-refractivity contribution < 1.29 is 27.9 Å². The molecule has 0 saturated heterocycles. The van der Waals surface area contributed by atoms with E-state index < -0.39 is 30.6 Å². The normalized spacial score (nSPS) is 13.6. The zero-order valence-corrected chi connectivity index (χ0v) is 19.6. The number of aromatic nitrogens is 3. The lowest BCUT2D eigenvalue weighted by Gasteiger charge is -2.21. The van der Waals surface area contributed by atoms with E-state index in [0.29, 0.717) is 27.7 Å². The van der Waals surface area contributed by atoms with Crippen molar-refractivity contribution in [2.75, 3.05) is 13.2 Å². The van der Waals surface area contributed by atoms with Crippen molar-refractivity contribution in [1.29, 1.82) is 0 Å². The van der Waals surface area contributed by atoms with E-state index in [1.54, 1.807) is 45.4 Å². The number of aromatic amines is 1. The van der Waals surface area contributed by atoms with Gasteiger partial charge in [0.2, 0.25) is 5.91 Å². The fraction of sp³-hybridized carbons (Fsp3) is 0.417. The topological polar surface area (TPSA) is 120 Å². The third-order valence-electron chi connectivity index (χ3n) is 5.61. The highest BCUT2D eigenvalue weighted by atomic mass is 19.4. The van der Waals surface area contributed by atoms with Crippen LogP contribution in [0.2, 0.25) is 0 Å². The molecule has 0 bridgehead atoms. The summed E-state index contributed by atoms with van der Waals surface area (Å²) < 4.78 is 37.6. The van der Waals surface area contributed by atoms with Crippen LogP contribution in [0.25, 0.3) is 22.2 Å². The number of aliphatic hydroxyl groups excluding tert-OH is 1. The van der Waals surface area contributed by atoms with Gasteiger partial charge >= 0.3 is 6.18 Å². The number of halogens is 3. The van der Waals surface area contributed by atoms with E-state index in [-0.39, 0.29) is 24.9 Å². The Kier molecular flexibility index (Phi) is 8.11. The standard InChI is InChI=1S/C24H28F3N5O3/c1-13(2)18(23(35)31-12-24(25,26)27)5-15-4-16(8-28-7-15)20-10-30-21-19(20)6-17(9-29-21)22(34)32-14(3)11-33/h4,6-10,13-14,18,33H,5,11-12H2,1-3H3,(H,29,30)(H,31,35)(H,32,34)/t14?,18-/m1/s1. The highest BCUT2D eigenvalue weighted by Gasteiger charge is 2.30. The summed E-state index contributed by atoms with van der Waals surface area (Å²) in [6, 6.07) is 3.09. The van der Waals surface area contributed by atoms with Gasteiger partial charge < -0.3 is 20.7 Å². The summed E-state index contributed by atoms with van der Waals surface area (Å²) in [5.74, 6) is -1.88. The third-order valence-corrected chi connectivity index (χ3v) is 5.61. The average Bonchev–Trinajstić information content (AvgIpc) is 3.23. The van der Waals surface area contributed by atoms with Crippen LogP contribution in [-0.2, 0) is 11.2 Å². The number of nitrogens with zero attached hydrogens (tertiary/aromatic N) is 2. The van der Waals surface area contributed by atoms with Gasteiger partial charge in [-0.1, -0.05) is 13.8 Å². The maximum atomic E-state index is 12.5. The van der Waals surface area contributed by atoms with Gasteiger partial charge in [0.15, 0.2) is 0 Å². The summed E-state index contributed by atoms with van der Waals surface area (Å²) in [6.45, 7) is 3.68. The number of carbonyl (C=O) groups is 2. The SMILES string of the molecule is CC(CO)NC(=O)c1cnc2[nH]cc(-c3cncc(C[C@@H](C(=O)NCC(F)(F)F)C(C)C)c3)c2c1. The predicted octanol–water partition coefficient (Wildman–Crippen LogP) is 3.23. The second kappa shape index (κ2) is 10.9. The van der Waals surface area contributed by atoms with Crippen LogP contribution in [-0.4, -0.2) is 57.2 Å². The molecule has 0 fully saturated rings. The van der Waals surface area contributed by atoms with Crippen LogP contribution in [0.1, 0.15) is 36.7 Å². The highest BCUT2D eigenvalue weighted by Crippen LogP contribution is 2.29. The lowest BCUT2D eigenvalue weighted by atomic mass is 9.88. The van der Waals surface area contributed by atoms with E-state index in [2.05, 4.69) is 20.3 Å². The first kappa shape index (κ1) is 26.1. The van der Waals surface area contributed by atoms with E-state index in [9.17, 15) is 22.8 Å². The van der Waals surface area contributed by atoms with Crippen molar-refractivity contribution in [3.63, 3.8) is 0 Å². The van der Waals surface area contributed by atoms with Gasteiger partial charge in [-0.05, 0) is 37.0 Å². The Bertz CT molecular complexity index is 1190. The molecule has 3 heterocycles. The Morgan fingerprint density at radius 1 is 1.14 bits per heavy atom. The first-order valence-electron chi connectivity index (χ1n) is 11.2. The second-order valence-corrected chi connectivity index (χ2v) is 8.85. The van der Waals surface area contributed by atoms with E-state index in [4.69, 9.17) is 5.11 Å². The van der Waals surface area contributed by atoms with Gasteiger partial charge in [0.25, 0.3) is 5.91 Å². The molecule has 11 heteroatoms. The average molecular weight is 492 g/mol. The zero-order valence-electron chi connectivity index (χ0n) is 19.6. The zero-order chi connectivity index (χ0) is 25.8. The number of carbonyl (C=O) groups excluding carboxylic acids is 2. The third kappa shape index (κ3) is 6.78.